The van der Waals surface area contributed by atoms with E-state index in [0.29, 0.717) is 6.04 Å². The van der Waals surface area contributed by atoms with Crippen LogP contribution in [0.4, 0.5) is 0 Å². The molecule has 1 saturated heterocycles. The molecule has 0 spiro atoms. The van der Waals surface area contributed by atoms with Gasteiger partial charge in [0.15, 0.2) is 0 Å². The first-order valence-corrected chi connectivity index (χ1v) is 6.47. The van der Waals surface area contributed by atoms with Crippen molar-refractivity contribution in [2.45, 2.75) is 31.8 Å². The van der Waals surface area contributed by atoms with Crippen molar-refractivity contribution in [3.8, 4) is 0 Å². The number of hydrogen-bond donors (Lipinski definition) is 2. The largest absolute Gasteiger partial charge is 0.395 e. The molecule has 0 aliphatic carbocycles. The van der Waals surface area contributed by atoms with E-state index < -0.39 is 0 Å². The summed E-state index contributed by atoms with van der Waals surface area (Å²) >= 11 is 6.30. The maximum absolute atomic E-state index is 9.34. The highest BCUT2D eigenvalue weighted by molar-refractivity contribution is 6.13. The fourth-order valence-electron chi connectivity index (χ4n) is 2.03. The Kier molecular flexibility index (Phi) is 6.61. The number of nitrogens with zero attached hydrogens (tertiary/aromatic N) is 2. The van der Waals surface area contributed by atoms with Crippen LogP contribution in [0.2, 0.25) is 0 Å². The minimum absolute atomic E-state index is 0.136. The molecule has 1 heterocycles. The first kappa shape index (κ1) is 14.2. The van der Waals surface area contributed by atoms with Crippen LogP contribution in [0.1, 0.15) is 19.8 Å². The molecule has 1 rings (SSSR count). The molecule has 0 amide bonds. The van der Waals surface area contributed by atoms with E-state index in [0.717, 1.165) is 39.0 Å². The van der Waals surface area contributed by atoms with Crippen LogP contribution in [-0.4, -0.2) is 66.3 Å². The van der Waals surface area contributed by atoms with Gasteiger partial charge in [0, 0.05) is 18.6 Å². The molecule has 1 fully saturated rings. The normalized spacial score (nSPS) is 20.6. The van der Waals surface area contributed by atoms with Crippen LogP contribution in [0, 0.1) is 0 Å². The fraction of sp³-hybridized carbons (Fsp3) is 1.00. The topological polar surface area (TPSA) is 38.7 Å². The summed E-state index contributed by atoms with van der Waals surface area (Å²) in [5.74, 6) is 0. The van der Waals surface area contributed by atoms with Crippen molar-refractivity contribution < 1.29 is 5.11 Å². The lowest BCUT2D eigenvalue weighted by atomic mass is 10.1. The van der Waals surface area contributed by atoms with Crippen LogP contribution in [0.15, 0.2) is 0 Å². The Morgan fingerprint density at radius 3 is 2.56 bits per heavy atom. The molecule has 1 aliphatic rings. The average Bonchev–Trinajstić information content (AvgIpc) is 2.35. The lowest BCUT2D eigenvalue weighted by Gasteiger charge is -2.34. The molecule has 4 nitrogen and oxygen atoms in total. The van der Waals surface area contributed by atoms with Crippen LogP contribution >= 0.6 is 11.8 Å². The minimum atomic E-state index is 0.136. The van der Waals surface area contributed by atoms with Gasteiger partial charge in [-0.15, -0.1) is 0 Å². The molecule has 1 atom stereocenters. The van der Waals surface area contributed by atoms with Crippen LogP contribution < -0.4 is 5.32 Å². The molecule has 96 valence electrons. The molecular weight excluding hydrogens is 226 g/mol. The Hall–Kier alpha value is 0.130. The summed E-state index contributed by atoms with van der Waals surface area (Å²) in [6.07, 6.45) is 2.19. The third-order valence-corrected chi connectivity index (χ3v) is 3.84. The maximum Gasteiger partial charge on any atom is 0.0599 e. The monoisotopic (exact) mass is 249 g/mol. The zero-order valence-corrected chi connectivity index (χ0v) is 11.1. The van der Waals surface area contributed by atoms with Crippen molar-refractivity contribution in [3.63, 3.8) is 0 Å². The number of likely N-dealkylation sites (N-methyl/N-ethyl adjacent to an activating group) is 1. The summed E-state index contributed by atoms with van der Waals surface area (Å²) in [5, 5.41) is 12.7. The highest BCUT2D eigenvalue weighted by Crippen LogP contribution is 2.15. The lowest BCUT2D eigenvalue weighted by molar-refractivity contribution is 0.119. The van der Waals surface area contributed by atoms with Gasteiger partial charge in [-0.05, 0) is 51.3 Å². The second-order valence-corrected chi connectivity index (χ2v) is 4.91. The van der Waals surface area contributed by atoms with Gasteiger partial charge in [0.2, 0.25) is 0 Å². The third kappa shape index (κ3) is 4.18. The second kappa shape index (κ2) is 7.45. The zero-order valence-electron chi connectivity index (χ0n) is 10.3. The molecule has 1 aliphatic heterocycles. The third-order valence-electron chi connectivity index (χ3n) is 3.42. The van der Waals surface area contributed by atoms with Gasteiger partial charge in [0.1, 0.15) is 0 Å². The van der Waals surface area contributed by atoms with E-state index in [1.807, 2.05) is 11.5 Å². The van der Waals surface area contributed by atoms with E-state index in [1.54, 1.807) is 0 Å². The first-order chi connectivity index (χ1) is 7.69. The van der Waals surface area contributed by atoms with Crippen molar-refractivity contribution in [2.75, 3.05) is 39.8 Å². The summed E-state index contributed by atoms with van der Waals surface area (Å²) in [7, 11) is 2.02. The molecular formula is C11H24ClN3O. The Morgan fingerprint density at radius 1 is 1.44 bits per heavy atom. The van der Waals surface area contributed by atoms with Crippen molar-refractivity contribution in [2.24, 2.45) is 0 Å². The molecule has 5 heteroatoms. The average molecular weight is 250 g/mol. The SMILES string of the molecule is CCN(C)C(CO)CN(Cl)C1CCNCC1. The second-order valence-electron chi connectivity index (χ2n) is 4.47. The maximum atomic E-state index is 9.34. The summed E-state index contributed by atoms with van der Waals surface area (Å²) in [6.45, 7) is 6.00. The van der Waals surface area contributed by atoms with Crippen molar-refractivity contribution in [3.05, 3.63) is 0 Å². The Bertz CT molecular complexity index is 188. The van der Waals surface area contributed by atoms with Gasteiger partial charge >= 0.3 is 0 Å². The van der Waals surface area contributed by atoms with Crippen molar-refractivity contribution in [1.29, 1.82) is 0 Å². The number of nitrogens with one attached hydrogen (secondary N) is 1. The molecule has 0 saturated carbocycles. The fourth-order valence-corrected chi connectivity index (χ4v) is 2.39. The van der Waals surface area contributed by atoms with Crippen LogP contribution in [0.3, 0.4) is 0 Å². The smallest absolute Gasteiger partial charge is 0.0599 e. The van der Waals surface area contributed by atoms with Gasteiger partial charge in [0.05, 0.1) is 6.61 Å². The highest BCUT2D eigenvalue weighted by atomic mass is 35.5. The molecule has 1 unspecified atom stereocenters. The van der Waals surface area contributed by atoms with E-state index in [9.17, 15) is 5.11 Å². The van der Waals surface area contributed by atoms with Crippen LogP contribution in [-0.2, 0) is 0 Å². The van der Waals surface area contributed by atoms with Crippen molar-refractivity contribution >= 4 is 11.8 Å². The lowest BCUT2D eigenvalue weighted by Crippen LogP contribution is -2.46. The predicted octanol–water partition coefficient (Wildman–Crippen LogP) is 0.507. The first-order valence-electron chi connectivity index (χ1n) is 6.13. The van der Waals surface area contributed by atoms with E-state index in [-0.39, 0.29) is 12.6 Å². The quantitative estimate of drug-likeness (QED) is 0.673. The number of rotatable bonds is 6. The van der Waals surface area contributed by atoms with Crippen LogP contribution in [0.5, 0.6) is 0 Å². The van der Waals surface area contributed by atoms with Crippen LogP contribution in [0.25, 0.3) is 0 Å². The Balaban J connectivity index is 2.37. The number of halogens is 1. The summed E-state index contributed by atoms with van der Waals surface area (Å²) < 4.78 is 1.88. The molecule has 0 aromatic rings. The molecule has 2 N–H and O–H groups in total. The molecule has 0 radical (unpaired) electrons. The van der Waals surface area contributed by atoms with Gasteiger partial charge in [-0.25, -0.2) is 4.42 Å². The van der Waals surface area contributed by atoms with Crippen molar-refractivity contribution in [1.82, 2.24) is 14.6 Å². The van der Waals surface area contributed by atoms with E-state index in [4.69, 9.17) is 11.8 Å². The van der Waals surface area contributed by atoms with Gasteiger partial charge in [-0.3, -0.25) is 0 Å². The number of aliphatic hydroxyl groups is 1. The zero-order chi connectivity index (χ0) is 12.0. The highest BCUT2D eigenvalue weighted by Gasteiger charge is 2.23. The summed E-state index contributed by atoms with van der Waals surface area (Å²) in [4.78, 5) is 2.14. The predicted molar refractivity (Wildman–Crippen MR) is 67.6 cm³/mol. The molecule has 0 aromatic heterocycles. The van der Waals surface area contributed by atoms with Gasteiger partial charge in [0.25, 0.3) is 0 Å². The number of aliphatic hydroxyl groups excluding tert-OH is 1. The Labute approximate surface area is 104 Å². The summed E-state index contributed by atoms with van der Waals surface area (Å²) in [6, 6.07) is 0.583. The van der Waals surface area contributed by atoms with E-state index >= 15 is 0 Å². The molecule has 0 aromatic carbocycles. The van der Waals surface area contributed by atoms with Gasteiger partial charge < -0.3 is 15.3 Å². The van der Waals surface area contributed by atoms with Gasteiger partial charge in [-0.1, -0.05) is 6.92 Å². The standard InChI is InChI=1S/C11H24ClN3O/c1-3-14(2)11(9-16)8-15(12)10-4-6-13-7-5-10/h10-11,13,16H,3-9H2,1-2H3. The summed E-state index contributed by atoms with van der Waals surface area (Å²) in [5.41, 5.74) is 0. The van der Waals surface area contributed by atoms with E-state index in [1.165, 1.54) is 0 Å². The Morgan fingerprint density at radius 2 is 2.06 bits per heavy atom. The number of piperidine rings is 1. The molecule has 0 bridgehead atoms. The minimum Gasteiger partial charge on any atom is -0.395 e. The number of hydrogen-bond acceptors (Lipinski definition) is 4. The van der Waals surface area contributed by atoms with Gasteiger partial charge in [-0.2, -0.15) is 0 Å². The molecule has 16 heavy (non-hydrogen) atoms. The van der Waals surface area contributed by atoms with E-state index in [2.05, 4.69) is 17.1 Å².